The van der Waals surface area contributed by atoms with E-state index < -0.39 is 11.9 Å². The molecular weight excluding hydrogens is 258 g/mol. The summed E-state index contributed by atoms with van der Waals surface area (Å²) >= 11 is 0. The number of nitrogens with two attached hydrogens (primary N) is 1. The lowest BCUT2D eigenvalue weighted by atomic mass is 10.1. The van der Waals surface area contributed by atoms with Gasteiger partial charge in [0.25, 0.3) is 5.91 Å². The Kier molecular flexibility index (Phi) is 4.02. The molecule has 1 aromatic carbocycles. The van der Waals surface area contributed by atoms with Crippen molar-refractivity contribution in [3.05, 3.63) is 35.4 Å². The number of primary amides is 1. The maximum Gasteiger partial charge on any atom is 0.254 e. The van der Waals surface area contributed by atoms with E-state index in [-0.39, 0.29) is 11.8 Å². The number of carbonyl (C=O) groups is 3. The second-order valence-corrected chi connectivity index (χ2v) is 4.66. The van der Waals surface area contributed by atoms with E-state index in [0.717, 1.165) is 0 Å². The van der Waals surface area contributed by atoms with E-state index in [1.54, 1.807) is 17.0 Å². The third kappa shape index (κ3) is 2.64. The van der Waals surface area contributed by atoms with Gasteiger partial charge in [0.2, 0.25) is 11.8 Å². The Bertz CT molecular complexity index is 539. The highest BCUT2D eigenvalue weighted by Crippen LogP contribution is 2.14. The van der Waals surface area contributed by atoms with Crippen molar-refractivity contribution in [3.8, 4) is 0 Å². The summed E-state index contributed by atoms with van der Waals surface area (Å²) in [6, 6.07) is 5.71. The number of rotatable bonds is 3. The summed E-state index contributed by atoms with van der Waals surface area (Å²) in [5.74, 6) is -0.864. The molecule has 0 spiro atoms. The molecule has 1 aromatic rings. The summed E-state index contributed by atoms with van der Waals surface area (Å²) in [5, 5.41) is 2.75. The Balaban J connectivity index is 2.21. The van der Waals surface area contributed by atoms with Gasteiger partial charge in [-0.3, -0.25) is 14.4 Å². The highest BCUT2D eigenvalue weighted by atomic mass is 16.2. The molecule has 3 N–H and O–H groups in total. The van der Waals surface area contributed by atoms with E-state index >= 15 is 0 Å². The quantitative estimate of drug-likeness (QED) is 0.821. The van der Waals surface area contributed by atoms with Crippen molar-refractivity contribution >= 4 is 17.7 Å². The zero-order valence-electron chi connectivity index (χ0n) is 11.3. The van der Waals surface area contributed by atoms with E-state index in [2.05, 4.69) is 5.32 Å². The average molecular weight is 275 g/mol. The van der Waals surface area contributed by atoms with Gasteiger partial charge in [-0.25, -0.2) is 0 Å². The van der Waals surface area contributed by atoms with Crippen LogP contribution in [0.5, 0.6) is 0 Å². The molecule has 1 saturated heterocycles. The fourth-order valence-electron chi connectivity index (χ4n) is 2.31. The van der Waals surface area contributed by atoms with Gasteiger partial charge >= 0.3 is 0 Å². The van der Waals surface area contributed by atoms with Gasteiger partial charge in [0.05, 0.1) is 0 Å². The number of hydrogen-bond acceptors (Lipinski definition) is 3. The van der Waals surface area contributed by atoms with Gasteiger partial charge in [-0.2, -0.15) is 0 Å². The van der Waals surface area contributed by atoms with Gasteiger partial charge in [-0.15, -0.1) is 0 Å². The van der Waals surface area contributed by atoms with Crippen molar-refractivity contribution in [2.45, 2.75) is 19.4 Å². The molecule has 0 aromatic heterocycles. The highest BCUT2D eigenvalue weighted by Gasteiger charge is 2.31. The first-order chi connectivity index (χ1) is 9.54. The van der Waals surface area contributed by atoms with Crippen LogP contribution in [0.2, 0.25) is 0 Å². The van der Waals surface area contributed by atoms with Crippen LogP contribution in [0.25, 0.3) is 0 Å². The molecule has 1 aliphatic heterocycles. The molecule has 106 valence electrons. The zero-order chi connectivity index (χ0) is 14.7. The lowest BCUT2D eigenvalue weighted by molar-refractivity contribution is -0.127. The van der Waals surface area contributed by atoms with Gasteiger partial charge in [0.15, 0.2) is 0 Å². The van der Waals surface area contributed by atoms with Crippen molar-refractivity contribution in [1.82, 2.24) is 10.2 Å². The lowest BCUT2D eigenvalue weighted by Crippen LogP contribution is -2.56. The van der Waals surface area contributed by atoms with Crippen molar-refractivity contribution in [2.24, 2.45) is 5.73 Å². The topological polar surface area (TPSA) is 92.5 Å². The summed E-state index contributed by atoms with van der Waals surface area (Å²) in [6.45, 7) is 2.81. The van der Waals surface area contributed by atoms with Gasteiger partial charge in [0.1, 0.15) is 6.04 Å². The first-order valence-electron chi connectivity index (χ1n) is 6.53. The molecule has 0 radical (unpaired) electrons. The minimum atomic E-state index is -0.534. The van der Waals surface area contributed by atoms with E-state index in [0.29, 0.717) is 30.6 Å². The Hall–Kier alpha value is -2.37. The fraction of sp³-hybridized carbons (Fsp3) is 0.357. The van der Waals surface area contributed by atoms with E-state index in [4.69, 9.17) is 5.73 Å². The molecule has 0 saturated carbocycles. The molecule has 3 amide bonds. The largest absolute Gasteiger partial charge is 0.366 e. The molecule has 6 heteroatoms. The minimum absolute atomic E-state index is 0.124. The van der Waals surface area contributed by atoms with Crippen molar-refractivity contribution < 1.29 is 14.4 Å². The predicted octanol–water partition coefficient (Wildman–Crippen LogP) is 0.136. The second-order valence-electron chi connectivity index (χ2n) is 4.66. The number of benzene rings is 1. The summed E-state index contributed by atoms with van der Waals surface area (Å²) < 4.78 is 0. The number of carbonyl (C=O) groups excluding carboxylic acids is 3. The maximum atomic E-state index is 12.4. The van der Waals surface area contributed by atoms with Crippen molar-refractivity contribution in [1.29, 1.82) is 0 Å². The molecule has 1 fully saturated rings. The SMILES string of the molecule is CCC1C(=O)NCCN1C(=O)c1ccc(C(N)=O)cc1. The van der Waals surface area contributed by atoms with Crippen molar-refractivity contribution in [2.75, 3.05) is 13.1 Å². The lowest BCUT2D eigenvalue weighted by Gasteiger charge is -2.34. The van der Waals surface area contributed by atoms with Gasteiger partial charge in [-0.05, 0) is 30.7 Å². The summed E-state index contributed by atoms with van der Waals surface area (Å²) in [7, 11) is 0. The monoisotopic (exact) mass is 275 g/mol. The molecule has 1 unspecified atom stereocenters. The third-order valence-corrected chi connectivity index (χ3v) is 3.39. The van der Waals surface area contributed by atoms with E-state index in [1.165, 1.54) is 12.1 Å². The number of hydrogen-bond donors (Lipinski definition) is 2. The highest BCUT2D eigenvalue weighted by molar-refractivity contribution is 5.99. The maximum absolute atomic E-state index is 12.4. The molecule has 20 heavy (non-hydrogen) atoms. The first kappa shape index (κ1) is 14.0. The minimum Gasteiger partial charge on any atom is -0.366 e. The Morgan fingerprint density at radius 1 is 1.30 bits per heavy atom. The summed E-state index contributed by atoms with van der Waals surface area (Å²) in [4.78, 5) is 36.7. The average Bonchev–Trinajstić information content (AvgIpc) is 2.46. The first-order valence-corrected chi connectivity index (χ1v) is 6.53. The number of nitrogens with zero attached hydrogens (tertiary/aromatic N) is 1. The number of piperazine rings is 1. The van der Waals surface area contributed by atoms with Crippen LogP contribution in [0.4, 0.5) is 0 Å². The Morgan fingerprint density at radius 3 is 2.45 bits per heavy atom. The van der Waals surface area contributed by atoms with E-state index in [9.17, 15) is 14.4 Å². The van der Waals surface area contributed by atoms with Crippen LogP contribution in [0.1, 0.15) is 34.1 Å². The second kappa shape index (κ2) is 5.73. The van der Waals surface area contributed by atoms with E-state index in [1.807, 2.05) is 6.92 Å². The normalized spacial score (nSPS) is 18.6. The standard InChI is InChI=1S/C14H17N3O3/c1-2-11-13(19)16-7-8-17(11)14(20)10-5-3-9(4-6-10)12(15)18/h3-6,11H,2,7-8H2,1H3,(H2,15,18)(H,16,19). The van der Waals surface area contributed by atoms with Crippen LogP contribution in [0, 0.1) is 0 Å². The zero-order valence-corrected chi connectivity index (χ0v) is 11.3. The summed E-state index contributed by atoms with van der Waals surface area (Å²) in [6.07, 6.45) is 0.566. The van der Waals surface area contributed by atoms with Gasteiger partial charge < -0.3 is 16.0 Å². The molecule has 1 atom stereocenters. The molecule has 1 heterocycles. The molecule has 0 bridgehead atoms. The Morgan fingerprint density at radius 2 is 1.90 bits per heavy atom. The summed E-state index contributed by atoms with van der Waals surface area (Å²) in [5.41, 5.74) is 5.96. The van der Waals surface area contributed by atoms with Crippen LogP contribution in [0.3, 0.4) is 0 Å². The molecule has 0 aliphatic carbocycles. The molecule has 1 aliphatic rings. The smallest absolute Gasteiger partial charge is 0.254 e. The van der Waals surface area contributed by atoms with Crippen molar-refractivity contribution in [3.63, 3.8) is 0 Å². The predicted molar refractivity (Wildman–Crippen MR) is 73.1 cm³/mol. The Labute approximate surface area is 116 Å². The fourth-order valence-corrected chi connectivity index (χ4v) is 2.31. The van der Waals surface area contributed by atoms with Gasteiger partial charge in [0, 0.05) is 24.2 Å². The molecular formula is C14H17N3O3. The van der Waals surface area contributed by atoms with Gasteiger partial charge in [-0.1, -0.05) is 6.92 Å². The van der Waals surface area contributed by atoms with Crippen LogP contribution in [0.15, 0.2) is 24.3 Å². The van der Waals surface area contributed by atoms with Crippen LogP contribution in [-0.2, 0) is 4.79 Å². The number of nitrogens with one attached hydrogen (secondary N) is 1. The third-order valence-electron chi connectivity index (χ3n) is 3.39. The van der Waals surface area contributed by atoms with Crippen LogP contribution >= 0.6 is 0 Å². The molecule has 2 rings (SSSR count). The van der Waals surface area contributed by atoms with Crippen LogP contribution < -0.4 is 11.1 Å². The molecule has 6 nitrogen and oxygen atoms in total. The van der Waals surface area contributed by atoms with Crippen LogP contribution in [-0.4, -0.2) is 41.8 Å². The number of amides is 3.